The van der Waals surface area contributed by atoms with E-state index in [1.54, 1.807) is 35.5 Å². The van der Waals surface area contributed by atoms with Gasteiger partial charge in [-0.1, -0.05) is 11.6 Å². The molecule has 0 amide bonds. The lowest BCUT2D eigenvalue weighted by atomic mass is 10.0. The van der Waals surface area contributed by atoms with E-state index in [2.05, 4.69) is 20.8 Å². The number of nitrogens with two attached hydrogens (primary N) is 1. The van der Waals surface area contributed by atoms with Crippen molar-refractivity contribution < 1.29 is 4.39 Å². The first-order chi connectivity index (χ1) is 15.3. The number of nitrogens with zero attached hydrogens (tertiary/aromatic N) is 6. The molecule has 1 unspecified atom stereocenters. The van der Waals surface area contributed by atoms with Crippen molar-refractivity contribution in [1.82, 2.24) is 30.1 Å². The Balaban J connectivity index is 1.53. The molecule has 0 bridgehead atoms. The third-order valence-electron chi connectivity index (χ3n) is 5.60. The Morgan fingerprint density at radius 1 is 1.22 bits per heavy atom. The molecule has 11 heteroatoms. The van der Waals surface area contributed by atoms with Gasteiger partial charge >= 0.3 is 0 Å². The summed E-state index contributed by atoms with van der Waals surface area (Å²) in [6, 6.07) is 8.12. The Bertz CT molecular complexity index is 1190. The lowest BCUT2D eigenvalue weighted by Gasteiger charge is -2.31. The highest BCUT2D eigenvalue weighted by molar-refractivity contribution is 6.45. The van der Waals surface area contributed by atoms with Gasteiger partial charge in [0, 0.05) is 11.9 Å². The number of hydrogen-bond acceptors (Lipinski definition) is 7. The third kappa shape index (κ3) is 3.65. The molecule has 0 radical (unpaired) electrons. The maximum Gasteiger partial charge on any atom is 0.228 e. The topological polar surface area (TPSA) is 111 Å². The van der Waals surface area contributed by atoms with Gasteiger partial charge in [-0.05, 0) is 57.0 Å². The van der Waals surface area contributed by atoms with E-state index in [0.717, 1.165) is 18.5 Å². The summed E-state index contributed by atoms with van der Waals surface area (Å²) in [5.74, 6) is -1.26. The largest absolute Gasteiger partial charge is 0.349 e. The number of aromatic nitrogens is 5. The van der Waals surface area contributed by atoms with Crippen molar-refractivity contribution in [2.75, 3.05) is 5.32 Å². The van der Waals surface area contributed by atoms with E-state index in [4.69, 9.17) is 27.4 Å². The number of benzene rings is 1. The molecule has 166 valence electrons. The van der Waals surface area contributed by atoms with Gasteiger partial charge in [0.15, 0.2) is 0 Å². The van der Waals surface area contributed by atoms with Gasteiger partial charge < -0.3 is 10.6 Å². The van der Waals surface area contributed by atoms with Gasteiger partial charge in [-0.15, -0.1) is 0 Å². The van der Waals surface area contributed by atoms with E-state index in [1.165, 1.54) is 12.1 Å². The van der Waals surface area contributed by atoms with Crippen LogP contribution in [0.25, 0.3) is 0 Å². The fourth-order valence-electron chi connectivity index (χ4n) is 3.57. The van der Waals surface area contributed by atoms with Crippen LogP contribution in [0.2, 0.25) is 0 Å². The number of amidine groups is 1. The lowest BCUT2D eigenvalue weighted by molar-refractivity contribution is 0.330. The van der Waals surface area contributed by atoms with Crippen molar-refractivity contribution in [3.63, 3.8) is 0 Å². The van der Waals surface area contributed by atoms with Gasteiger partial charge in [-0.25, -0.2) is 9.38 Å². The molecule has 0 spiro atoms. The molecule has 0 saturated heterocycles. The maximum absolute atomic E-state index is 13.3. The van der Waals surface area contributed by atoms with Crippen LogP contribution in [0.1, 0.15) is 44.1 Å². The first-order valence-electron chi connectivity index (χ1n) is 10.3. The SMILES string of the molecule is CC(C)(c1cc(C2(N)N=C(Nc3ccc(F)cc3)C(Cl)=CN2)n(C2CC2)n1)n1nccn1. The number of aliphatic imine (C=N–C) groups is 1. The predicted octanol–water partition coefficient (Wildman–Crippen LogP) is 3.00. The highest BCUT2D eigenvalue weighted by Gasteiger charge is 2.41. The zero-order valence-corrected chi connectivity index (χ0v) is 18.4. The van der Waals surface area contributed by atoms with Crippen LogP contribution in [0.5, 0.6) is 0 Å². The van der Waals surface area contributed by atoms with Gasteiger partial charge in [0.05, 0.1) is 29.2 Å². The van der Waals surface area contributed by atoms with Crippen molar-refractivity contribution >= 4 is 23.1 Å². The van der Waals surface area contributed by atoms with Crippen LogP contribution >= 0.6 is 11.6 Å². The summed E-state index contributed by atoms with van der Waals surface area (Å²) in [6.45, 7) is 3.99. The Hall–Kier alpha value is -3.24. The summed E-state index contributed by atoms with van der Waals surface area (Å²) in [6.07, 6.45) is 6.91. The highest BCUT2D eigenvalue weighted by Crippen LogP contribution is 2.39. The smallest absolute Gasteiger partial charge is 0.228 e. The number of rotatable bonds is 5. The predicted molar refractivity (Wildman–Crippen MR) is 119 cm³/mol. The summed E-state index contributed by atoms with van der Waals surface area (Å²) in [7, 11) is 0. The Morgan fingerprint density at radius 3 is 2.56 bits per heavy atom. The van der Waals surface area contributed by atoms with E-state index in [9.17, 15) is 4.39 Å². The van der Waals surface area contributed by atoms with Crippen LogP contribution < -0.4 is 16.4 Å². The number of halogens is 2. The first kappa shape index (κ1) is 20.7. The minimum Gasteiger partial charge on any atom is -0.349 e. The lowest BCUT2D eigenvalue weighted by Crippen LogP contribution is -2.51. The fraction of sp³-hybridized carbons (Fsp3) is 0.333. The maximum atomic E-state index is 13.3. The molecule has 3 heterocycles. The third-order valence-corrected chi connectivity index (χ3v) is 5.89. The van der Waals surface area contributed by atoms with Crippen molar-refractivity contribution in [3.8, 4) is 0 Å². The fourth-order valence-corrected chi connectivity index (χ4v) is 3.72. The summed E-state index contributed by atoms with van der Waals surface area (Å²) >= 11 is 6.37. The molecule has 1 aliphatic heterocycles. The van der Waals surface area contributed by atoms with Crippen LogP contribution in [-0.4, -0.2) is 30.6 Å². The molecular weight excluding hydrogens is 433 g/mol. The molecule has 9 nitrogen and oxygen atoms in total. The van der Waals surface area contributed by atoms with Crippen LogP contribution in [-0.2, 0) is 11.3 Å². The minimum absolute atomic E-state index is 0.257. The van der Waals surface area contributed by atoms with E-state index < -0.39 is 11.3 Å². The summed E-state index contributed by atoms with van der Waals surface area (Å²) in [4.78, 5) is 6.31. The van der Waals surface area contributed by atoms with Crippen LogP contribution in [0, 0.1) is 5.82 Å². The second-order valence-electron chi connectivity index (χ2n) is 8.46. The Kier molecular flexibility index (Phi) is 4.79. The Morgan fingerprint density at radius 2 is 1.91 bits per heavy atom. The summed E-state index contributed by atoms with van der Waals surface area (Å²) in [5.41, 5.74) is 8.28. The molecule has 1 atom stereocenters. The standard InChI is InChI=1S/C21H23ClFN9/c1-20(2,32-26-9-10-27-32)17-11-18(31(30-17)15-7-8-15)21(24)25-12-16(22)19(29-21)28-14-5-3-13(23)4-6-14/h3-6,9-12,15,25H,7-8,24H2,1-2H3,(H,28,29). The van der Waals surface area contributed by atoms with Crippen molar-refractivity contribution in [2.24, 2.45) is 10.7 Å². The quantitative estimate of drug-likeness (QED) is 0.545. The summed E-state index contributed by atoms with van der Waals surface area (Å²) < 4.78 is 15.2. The zero-order chi connectivity index (χ0) is 22.5. The van der Waals surface area contributed by atoms with Crippen molar-refractivity contribution in [2.45, 2.75) is 44.1 Å². The molecular formula is C21H23ClFN9. The molecule has 1 aliphatic carbocycles. The van der Waals surface area contributed by atoms with Crippen molar-refractivity contribution in [1.29, 1.82) is 0 Å². The van der Waals surface area contributed by atoms with E-state index in [-0.39, 0.29) is 11.9 Å². The molecule has 2 aromatic heterocycles. The monoisotopic (exact) mass is 455 g/mol. The summed E-state index contributed by atoms with van der Waals surface area (Å²) in [5, 5.41) is 20.0. The molecule has 1 aromatic carbocycles. The average molecular weight is 456 g/mol. The molecule has 32 heavy (non-hydrogen) atoms. The average Bonchev–Trinajstić information content (AvgIpc) is 3.26. The Labute approximate surface area is 189 Å². The second kappa shape index (κ2) is 7.42. The van der Waals surface area contributed by atoms with E-state index >= 15 is 0 Å². The van der Waals surface area contributed by atoms with Crippen LogP contribution in [0.3, 0.4) is 0 Å². The van der Waals surface area contributed by atoms with Crippen molar-refractivity contribution in [3.05, 3.63) is 71.2 Å². The molecule has 2 aliphatic rings. The zero-order valence-electron chi connectivity index (χ0n) is 17.6. The normalized spacial score (nSPS) is 21.0. The van der Waals surface area contributed by atoms with E-state index in [0.29, 0.717) is 22.2 Å². The second-order valence-corrected chi connectivity index (χ2v) is 8.87. The van der Waals surface area contributed by atoms with Gasteiger partial charge in [0.25, 0.3) is 0 Å². The number of anilines is 1. The molecule has 1 saturated carbocycles. The van der Waals surface area contributed by atoms with E-state index in [1.807, 2.05) is 24.6 Å². The molecule has 3 aromatic rings. The highest BCUT2D eigenvalue weighted by atomic mass is 35.5. The molecule has 4 N–H and O–H groups in total. The number of nitrogens with one attached hydrogen (secondary N) is 2. The van der Waals surface area contributed by atoms with Crippen LogP contribution in [0.4, 0.5) is 10.1 Å². The van der Waals surface area contributed by atoms with Gasteiger partial charge in [-0.3, -0.25) is 10.4 Å². The van der Waals surface area contributed by atoms with Gasteiger partial charge in [-0.2, -0.15) is 20.1 Å². The van der Waals surface area contributed by atoms with Gasteiger partial charge in [0.2, 0.25) is 5.79 Å². The van der Waals surface area contributed by atoms with Crippen LogP contribution in [0.15, 0.2) is 59.0 Å². The number of hydrogen-bond donors (Lipinski definition) is 3. The molecule has 5 rings (SSSR count). The molecule has 1 fully saturated rings. The minimum atomic E-state index is -1.30. The van der Waals surface area contributed by atoms with Gasteiger partial charge in [0.1, 0.15) is 22.9 Å². The first-order valence-corrected chi connectivity index (χ1v) is 10.7.